The van der Waals surface area contributed by atoms with E-state index in [4.69, 9.17) is 4.52 Å². The van der Waals surface area contributed by atoms with Crippen LogP contribution in [0, 0.1) is 13.8 Å². The van der Waals surface area contributed by atoms with Gasteiger partial charge in [-0.2, -0.15) is 0 Å². The number of aromatic nitrogens is 3. The van der Waals surface area contributed by atoms with Gasteiger partial charge in [-0.1, -0.05) is 5.16 Å². The number of hydrogen-bond donors (Lipinski definition) is 2. The highest BCUT2D eigenvalue weighted by Crippen LogP contribution is 2.29. The fourth-order valence-corrected chi connectivity index (χ4v) is 3.48. The van der Waals surface area contributed by atoms with Crippen molar-refractivity contribution in [3.05, 3.63) is 56.8 Å². The molecule has 0 bridgehead atoms. The minimum Gasteiger partial charge on any atom is -0.345 e. The van der Waals surface area contributed by atoms with Crippen LogP contribution in [0.15, 0.2) is 27.5 Å². The molecule has 3 aromatic heterocycles. The molecule has 0 aliphatic heterocycles. The van der Waals surface area contributed by atoms with Crippen LogP contribution in [0.25, 0.3) is 11.1 Å². The highest BCUT2D eigenvalue weighted by Gasteiger charge is 2.25. The number of aryl methyl sites for hydroxylation is 3. The van der Waals surface area contributed by atoms with Gasteiger partial charge in [0.25, 0.3) is 11.6 Å². The number of H-pyrrole nitrogens is 1. The topological polar surface area (TPSA) is 101 Å². The van der Waals surface area contributed by atoms with E-state index in [9.17, 15) is 9.59 Å². The molecule has 0 spiro atoms. The molecule has 0 unspecified atom stereocenters. The third kappa shape index (κ3) is 2.71. The molecule has 0 saturated carbocycles. The molecule has 1 amide bonds. The van der Waals surface area contributed by atoms with E-state index in [-0.39, 0.29) is 17.5 Å². The van der Waals surface area contributed by atoms with E-state index in [2.05, 4.69) is 20.4 Å². The van der Waals surface area contributed by atoms with E-state index < -0.39 is 0 Å². The van der Waals surface area contributed by atoms with Gasteiger partial charge in [0.2, 0.25) is 5.56 Å². The van der Waals surface area contributed by atoms with Gasteiger partial charge in [0, 0.05) is 17.5 Å². The van der Waals surface area contributed by atoms with Crippen LogP contribution in [0.4, 0.5) is 0 Å². The average Bonchev–Trinajstić information content (AvgIpc) is 2.95. The fourth-order valence-electron chi connectivity index (χ4n) is 3.48. The predicted molar refractivity (Wildman–Crippen MR) is 91.5 cm³/mol. The van der Waals surface area contributed by atoms with Crippen molar-refractivity contribution in [2.24, 2.45) is 0 Å². The molecule has 25 heavy (non-hydrogen) atoms. The first-order chi connectivity index (χ1) is 12.0. The molecule has 1 aliphatic carbocycles. The van der Waals surface area contributed by atoms with Crippen molar-refractivity contribution in [2.75, 3.05) is 0 Å². The lowest BCUT2D eigenvalue weighted by atomic mass is 9.91. The second kappa shape index (κ2) is 5.84. The summed E-state index contributed by atoms with van der Waals surface area (Å²) in [6.07, 6.45) is 2.57. The smallest absolute Gasteiger partial charge is 0.258 e. The van der Waals surface area contributed by atoms with E-state index in [0.717, 1.165) is 30.5 Å². The number of carbonyl (C=O) groups is 1. The van der Waals surface area contributed by atoms with Crippen LogP contribution in [0.5, 0.6) is 0 Å². The number of nitrogens with one attached hydrogen (secondary N) is 2. The molecule has 1 aliphatic rings. The van der Waals surface area contributed by atoms with Crippen molar-refractivity contribution < 1.29 is 9.32 Å². The Labute approximate surface area is 143 Å². The Balaban J connectivity index is 1.70. The van der Waals surface area contributed by atoms with Gasteiger partial charge in [-0.3, -0.25) is 9.59 Å². The first-order valence-electron chi connectivity index (χ1n) is 8.29. The molecule has 0 fully saturated rings. The zero-order chi connectivity index (χ0) is 17.6. The lowest BCUT2D eigenvalue weighted by Crippen LogP contribution is -2.32. The minimum absolute atomic E-state index is 0.114. The summed E-state index contributed by atoms with van der Waals surface area (Å²) in [4.78, 5) is 31.6. The van der Waals surface area contributed by atoms with Gasteiger partial charge in [0.15, 0.2) is 0 Å². The monoisotopic (exact) mass is 338 g/mol. The van der Waals surface area contributed by atoms with E-state index in [1.54, 1.807) is 19.1 Å². The minimum atomic E-state index is -0.189. The molecule has 7 nitrogen and oxygen atoms in total. The molecular weight excluding hydrogens is 320 g/mol. The number of rotatable bonds is 2. The van der Waals surface area contributed by atoms with Crippen molar-refractivity contribution in [2.45, 2.75) is 39.2 Å². The normalized spacial score (nSPS) is 16.6. The Bertz CT molecular complexity index is 1030. The summed E-state index contributed by atoms with van der Waals surface area (Å²) in [5.41, 5.74) is 3.99. The van der Waals surface area contributed by atoms with Gasteiger partial charge in [-0.05, 0) is 50.8 Å². The van der Waals surface area contributed by atoms with Crippen LogP contribution in [0.2, 0.25) is 0 Å². The van der Waals surface area contributed by atoms with Gasteiger partial charge in [-0.25, -0.2) is 4.98 Å². The number of carbonyl (C=O) groups excluding carboxylic acids is 1. The summed E-state index contributed by atoms with van der Waals surface area (Å²) >= 11 is 0. The van der Waals surface area contributed by atoms with E-state index in [1.807, 2.05) is 6.92 Å². The standard InChI is InChI=1S/C18H18N4O3/c1-9-8-12(16-10(2)22-25-18(16)19-9)17(24)21-14-5-3-4-13-11(14)6-7-15(23)20-13/h6-8,14H,3-5H2,1-2H3,(H,20,23)(H,21,24)/t14-/m1/s1. The van der Waals surface area contributed by atoms with Crippen LogP contribution in [-0.4, -0.2) is 21.0 Å². The van der Waals surface area contributed by atoms with Crippen molar-refractivity contribution in [3.63, 3.8) is 0 Å². The third-order valence-electron chi connectivity index (χ3n) is 4.63. The predicted octanol–water partition coefficient (Wildman–Crippen LogP) is 2.34. The summed E-state index contributed by atoms with van der Waals surface area (Å²) in [6.45, 7) is 3.61. The molecule has 3 heterocycles. The lowest BCUT2D eigenvalue weighted by Gasteiger charge is -2.26. The third-order valence-corrected chi connectivity index (χ3v) is 4.63. The molecule has 2 N–H and O–H groups in total. The number of fused-ring (bicyclic) bond motifs is 2. The summed E-state index contributed by atoms with van der Waals surface area (Å²) < 4.78 is 5.20. The molecule has 0 saturated heterocycles. The quantitative estimate of drug-likeness (QED) is 0.747. The van der Waals surface area contributed by atoms with Crippen LogP contribution in [0.3, 0.4) is 0 Å². The summed E-state index contributed by atoms with van der Waals surface area (Å²) in [5.74, 6) is -0.189. The SMILES string of the molecule is Cc1cc(C(=O)N[C@@H]2CCCc3[nH]c(=O)ccc32)c2c(C)noc2n1. The van der Waals surface area contributed by atoms with Crippen LogP contribution in [0.1, 0.15) is 51.9 Å². The number of aromatic amines is 1. The van der Waals surface area contributed by atoms with Gasteiger partial charge in [0.1, 0.15) is 0 Å². The summed E-state index contributed by atoms with van der Waals surface area (Å²) in [7, 11) is 0. The Morgan fingerprint density at radius 1 is 1.36 bits per heavy atom. The van der Waals surface area contributed by atoms with Gasteiger partial charge >= 0.3 is 0 Å². The van der Waals surface area contributed by atoms with Crippen LogP contribution < -0.4 is 10.9 Å². The van der Waals surface area contributed by atoms with E-state index in [0.29, 0.717) is 28.1 Å². The van der Waals surface area contributed by atoms with Gasteiger partial charge in [0.05, 0.1) is 22.7 Å². The van der Waals surface area contributed by atoms with E-state index >= 15 is 0 Å². The van der Waals surface area contributed by atoms with Crippen molar-refractivity contribution in [1.82, 2.24) is 20.4 Å². The van der Waals surface area contributed by atoms with E-state index in [1.165, 1.54) is 6.07 Å². The zero-order valence-corrected chi connectivity index (χ0v) is 14.0. The van der Waals surface area contributed by atoms with Crippen molar-refractivity contribution in [3.8, 4) is 0 Å². The maximum atomic E-state index is 12.9. The number of hydrogen-bond acceptors (Lipinski definition) is 5. The fraction of sp³-hybridized carbons (Fsp3) is 0.333. The summed E-state index contributed by atoms with van der Waals surface area (Å²) in [6, 6.07) is 4.92. The van der Waals surface area contributed by atoms with Crippen molar-refractivity contribution in [1.29, 1.82) is 0 Å². The number of amides is 1. The Kier molecular flexibility index (Phi) is 3.63. The first-order valence-corrected chi connectivity index (χ1v) is 8.29. The van der Waals surface area contributed by atoms with Crippen LogP contribution in [-0.2, 0) is 6.42 Å². The Hall–Kier alpha value is -2.96. The highest BCUT2D eigenvalue weighted by molar-refractivity contribution is 6.06. The molecule has 0 aromatic carbocycles. The van der Waals surface area contributed by atoms with Gasteiger partial charge < -0.3 is 14.8 Å². The first kappa shape index (κ1) is 15.6. The second-order valence-electron chi connectivity index (χ2n) is 6.43. The number of pyridine rings is 2. The van der Waals surface area contributed by atoms with Crippen molar-refractivity contribution >= 4 is 17.0 Å². The largest absolute Gasteiger partial charge is 0.345 e. The Morgan fingerprint density at radius 2 is 2.20 bits per heavy atom. The Morgan fingerprint density at radius 3 is 3.04 bits per heavy atom. The molecule has 0 radical (unpaired) electrons. The molecule has 3 aromatic rings. The molecule has 128 valence electrons. The zero-order valence-electron chi connectivity index (χ0n) is 14.0. The summed E-state index contributed by atoms with van der Waals surface area (Å²) in [5, 5.41) is 7.64. The second-order valence-corrected chi connectivity index (χ2v) is 6.43. The molecule has 7 heteroatoms. The average molecular weight is 338 g/mol. The van der Waals surface area contributed by atoms with Gasteiger partial charge in [-0.15, -0.1) is 0 Å². The maximum Gasteiger partial charge on any atom is 0.258 e. The number of nitrogens with zero attached hydrogens (tertiary/aromatic N) is 2. The lowest BCUT2D eigenvalue weighted by molar-refractivity contribution is 0.0934. The molecule has 4 rings (SSSR count). The maximum absolute atomic E-state index is 12.9. The molecule has 1 atom stereocenters. The molecular formula is C18H18N4O3. The highest BCUT2D eigenvalue weighted by atomic mass is 16.5. The van der Waals surface area contributed by atoms with Crippen LogP contribution >= 0.6 is 0 Å².